The lowest BCUT2D eigenvalue weighted by Crippen LogP contribution is -2.20. The average molecular weight is 373 g/mol. The minimum absolute atomic E-state index is 0.142. The third kappa shape index (κ3) is 4.23. The molecule has 1 aromatic carbocycles. The summed E-state index contributed by atoms with van der Waals surface area (Å²) in [6.07, 6.45) is 0. The van der Waals surface area contributed by atoms with Gasteiger partial charge in [0.2, 0.25) is 17.8 Å². The molecule has 0 aliphatic rings. The lowest BCUT2D eigenvalue weighted by atomic mass is 10.3. The Morgan fingerprint density at radius 2 is 1.92 bits per heavy atom. The first-order chi connectivity index (χ1) is 12.6. The van der Waals surface area contributed by atoms with Crippen LogP contribution in [0.15, 0.2) is 34.9 Å². The van der Waals surface area contributed by atoms with E-state index in [2.05, 4.69) is 20.8 Å². The summed E-state index contributed by atoms with van der Waals surface area (Å²) in [5.74, 6) is 1.35. The zero-order valence-electron chi connectivity index (χ0n) is 14.5. The van der Waals surface area contributed by atoms with Crippen LogP contribution in [0.4, 0.5) is 11.8 Å². The van der Waals surface area contributed by atoms with Gasteiger partial charge in [0.25, 0.3) is 0 Å². The summed E-state index contributed by atoms with van der Waals surface area (Å²) in [5, 5.41) is 9.11. The van der Waals surface area contributed by atoms with Gasteiger partial charge in [-0.25, -0.2) is 4.98 Å². The lowest BCUT2D eigenvalue weighted by Gasteiger charge is -2.07. The van der Waals surface area contributed by atoms with Crippen LogP contribution in [0.1, 0.15) is 12.7 Å². The van der Waals surface area contributed by atoms with Crippen LogP contribution in [0.25, 0.3) is 11.0 Å². The number of aromatic nitrogens is 3. The van der Waals surface area contributed by atoms with Crippen LogP contribution < -0.4 is 10.6 Å². The van der Waals surface area contributed by atoms with E-state index in [-0.39, 0.29) is 23.3 Å². The van der Waals surface area contributed by atoms with Crippen molar-refractivity contribution in [2.45, 2.75) is 20.4 Å². The summed E-state index contributed by atoms with van der Waals surface area (Å²) in [6.45, 7) is 4.43. The average Bonchev–Trinajstić information content (AvgIpc) is 3.17. The maximum absolute atomic E-state index is 12.2. The Balaban J connectivity index is 1.50. The molecule has 26 heavy (non-hydrogen) atoms. The van der Waals surface area contributed by atoms with E-state index < -0.39 is 0 Å². The van der Waals surface area contributed by atoms with E-state index in [0.29, 0.717) is 24.1 Å². The molecule has 0 fully saturated rings. The van der Waals surface area contributed by atoms with E-state index in [1.54, 1.807) is 13.0 Å². The topological polar surface area (TPSA) is 102 Å². The standard InChI is InChI=1S/C17H19N5O3S/c1-3-22-13-7-5-4-6-12(13)18-17(22)20-16(24)10-26-9-15(23)19-14-8-11(2)25-21-14/h4-8H,3,9-10H2,1-2H3,(H,18,20,24)(H,19,21,23). The number of nitrogens with zero attached hydrogens (tertiary/aromatic N) is 3. The van der Waals surface area contributed by atoms with E-state index in [1.807, 2.05) is 35.8 Å². The molecule has 8 nitrogen and oxygen atoms in total. The number of fused-ring (bicyclic) bond motifs is 1. The summed E-state index contributed by atoms with van der Waals surface area (Å²) in [5.41, 5.74) is 1.81. The van der Waals surface area contributed by atoms with Crippen molar-refractivity contribution < 1.29 is 14.1 Å². The SMILES string of the molecule is CCn1c(NC(=O)CSCC(=O)Nc2cc(C)on2)nc2ccccc21. The van der Waals surface area contributed by atoms with Gasteiger partial charge in [-0.2, -0.15) is 0 Å². The Labute approximate surface area is 154 Å². The van der Waals surface area contributed by atoms with Crippen LogP contribution in [-0.4, -0.2) is 38.0 Å². The predicted molar refractivity (Wildman–Crippen MR) is 101 cm³/mol. The van der Waals surface area contributed by atoms with Gasteiger partial charge in [-0.1, -0.05) is 17.3 Å². The van der Waals surface area contributed by atoms with Crippen molar-refractivity contribution in [1.82, 2.24) is 14.7 Å². The number of thioether (sulfide) groups is 1. The van der Waals surface area contributed by atoms with Crippen molar-refractivity contribution >= 4 is 46.4 Å². The molecule has 136 valence electrons. The third-order valence-electron chi connectivity index (χ3n) is 3.58. The molecular weight excluding hydrogens is 354 g/mol. The summed E-state index contributed by atoms with van der Waals surface area (Å²) < 4.78 is 6.82. The van der Waals surface area contributed by atoms with Crippen molar-refractivity contribution in [1.29, 1.82) is 0 Å². The van der Waals surface area contributed by atoms with E-state index in [4.69, 9.17) is 4.52 Å². The lowest BCUT2D eigenvalue weighted by molar-refractivity contribution is -0.114. The number of aryl methyl sites for hydroxylation is 2. The molecule has 0 spiro atoms. The third-order valence-corrected chi connectivity index (χ3v) is 4.52. The van der Waals surface area contributed by atoms with Crippen molar-refractivity contribution in [3.8, 4) is 0 Å². The first-order valence-electron chi connectivity index (χ1n) is 8.13. The van der Waals surface area contributed by atoms with Gasteiger partial charge in [0.1, 0.15) is 5.76 Å². The molecule has 9 heteroatoms. The van der Waals surface area contributed by atoms with Crippen LogP contribution >= 0.6 is 11.8 Å². The number of nitrogens with one attached hydrogen (secondary N) is 2. The maximum atomic E-state index is 12.2. The highest BCUT2D eigenvalue weighted by atomic mass is 32.2. The number of hydrogen-bond donors (Lipinski definition) is 2. The molecule has 0 aliphatic carbocycles. The minimum Gasteiger partial charge on any atom is -0.360 e. The van der Waals surface area contributed by atoms with Crippen LogP contribution in [0.2, 0.25) is 0 Å². The molecule has 2 N–H and O–H groups in total. The number of imidazole rings is 1. The van der Waals surface area contributed by atoms with Gasteiger partial charge in [0, 0.05) is 12.6 Å². The molecule has 2 heterocycles. The maximum Gasteiger partial charge on any atom is 0.236 e. The second kappa shape index (κ2) is 8.05. The highest BCUT2D eigenvalue weighted by molar-refractivity contribution is 8.00. The van der Waals surface area contributed by atoms with Gasteiger partial charge in [0.05, 0.1) is 22.5 Å². The monoisotopic (exact) mass is 373 g/mol. The Kier molecular flexibility index (Phi) is 5.57. The Morgan fingerprint density at radius 3 is 2.62 bits per heavy atom. The summed E-state index contributed by atoms with van der Waals surface area (Å²) in [6, 6.07) is 9.34. The van der Waals surface area contributed by atoms with E-state index in [9.17, 15) is 9.59 Å². The van der Waals surface area contributed by atoms with Crippen LogP contribution in [0.3, 0.4) is 0 Å². The molecule has 2 amide bonds. The molecule has 2 aromatic heterocycles. The summed E-state index contributed by atoms with van der Waals surface area (Å²) in [7, 11) is 0. The zero-order chi connectivity index (χ0) is 18.5. The van der Waals surface area contributed by atoms with Gasteiger partial charge >= 0.3 is 0 Å². The Morgan fingerprint density at radius 1 is 1.19 bits per heavy atom. The fraction of sp³-hybridized carbons (Fsp3) is 0.294. The van der Waals surface area contributed by atoms with Crippen molar-refractivity contribution in [2.24, 2.45) is 0 Å². The molecule has 0 atom stereocenters. The fourth-order valence-corrected chi connectivity index (χ4v) is 3.11. The quantitative estimate of drug-likeness (QED) is 0.660. The number of carbonyl (C=O) groups is 2. The summed E-state index contributed by atoms with van der Waals surface area (Å²) >= 11 is 1.22. The first kappa shape index (κ1) is 18.0. The highest BCUT2D eigenvalue weighted by Crippen LogP contribution is 2.19. The van der Waals surface area contributed by atoms with Crippen LogP contribution in [-0.2, 0) is 16.1 Å². The van der Waals surface area contributed by atoms with E-state index in [1.165, 1.54) is 11.8 Å². The van der Waals surface area contributed by atoms with Gasteiger partial charge in [0.15, 0.2) is 5.82 Å². The Bertz CT molecular complexity index is 934. The minimum atomic E-state index is -0.239. The molecule has 0 saturated carbocycles. The van der Waals surface area contributed by atoms with Gasteiger partial charge < -0.3 is 14.4 Å². The van der Waals surface area contributed by atoms with Crippen LogP contribution in [0.5, 0.6) is 0 Å². The predicted octanol–water partition coefficient (Wildman–Crippen LogP) is 2.66. The normalized spacial score (nSPS) is 10.8. The molecular formula is C17H19N5O3S. The van der Waals surface area contributed by atoms with Crippen molar-refractivity contribution in [2.75, 3.05) is 22.1 Å². The molecule has 0 unspecified atom stereocenters. The van der Waals surface area contributed by atoms with E-state index >= 15 is 0 Å². The second-order valence-corrected chi connectivity index (χ2v) is 6.57. The number of hydrogen-bond acceptors (Lipinski definition) is 6. The molecule has 3 aromatic rings. The van der Waals surface area contributed by atoms with Crippen LogP contribution in [0, 0.1) is 6.92 Å². The fourth-order valence-electron chi connectivity index (χ4n) is 2.49. The highest BCUT2D eigenvalue weighted by Gasteiger charge is 2.13. The number of rotatable bonds is 7. The number of anilines is 2. The number of benzene rings is 1. The zero-order valence-corrected chi connectivity index (χ0v) is 15.3. The molecule has 0 aliphatic heterocycles. The molecule has 0 radical (unpaired) electrons. The number of para-hydroxylation sites is 2. The van der Waals surface area contributed by atoms with Gasteiger partial charge in [-0.15, -0.1) is 11.8 Å². The largest absolute Gasteiger partial charge is 0.360 e. The Hall–Kier alpha value is -2.81. The summed E-state index contributed by atoms with van der Waals surface area (Å²) in [4.78, 5) is 28.4. The van der Waals surface area contributed by atoms with Crippen molar-refractivity contribution in [3.63, 3.8) is 0 Å². The van der Waals surface area contributed by atoms with Crippen molar-refractivity contribution in [3.05, 3.63) is 36.1 Å². The smallest absolute Gasteiger partial charge is 0.236 e. The molecule has 3 rings (SSSR count). The van der Waals surface area contributed by atoms with Gasteiger partial charge in [-0.05, 0) is 26.0 Å². The van der Waals surface area contributed by atoms with Gasteiger partial charge in [-0.3, -0.25) is 14.9 Å². The molecule has 0 bridgehead atoms. The van der Waals surface area contributed by atoms with E-state index in [0.717, 1.165) is 11.0 Å². The number of carbonyl (C=O) groups excluding carboxylic acids is 2. The number of amides is 2. The first-order valence-corrected chi connectivity index (χ1v) is 9.28. The molecule has 0 saturated heterocycles. The second-order valence-electron chi connectivity index (χ2n) is 5.58.